The molecule has 1 aromatic heterocycles. The fourth-order valence-corrected chi connectivity index (χ4v) is 1.99. The van der Waals surface area contributed by atoms with Crippen LogP contribution in [0.2, 0.25) is 0 Å². The SMILES string of the molecule is Cc1cccc(-n2ncc(C(=O)NC(C)C(=O)O)c2C)c1. The summed E-state index contributed by atoms with van der Waals surface area (Å²) in [5.74, 6) is -1.52. The first-order valence-corrected chi connectivity index (χ1v) is 6.55. The number of benzene rings is 1. The Bertz CT molecular complexity index is 691. The van der Waals surface area contributed by atoms with Crippen LogP contribution >= 0.6 is 0 Å². The Morgan fingerprint density at radius 3 is 2.67 bits per heavy atom. The zero-order valence-electron chi connectivity index (χ0n) is 12.1. The van der Waals surface area contributed by atoms with Crippen molar-refractivity contribution in [2.75, 3.05) is 0 Å². The van der Waals surface area contributed by atoms with Crippen LogP contribution in [0.15, 0.2) is 30.5 Å². The van der Waals surface area contributed by atoms with Crippen molar-refractivity contribution in [3.8, 4) is 5.69 Å². The van der Waals surface area contributed by atoms with Crippen molar-refractivity contribution >= 4 is 11.9 Å². The molecule has 2 rings (SSSR count). The van der Waals surface area contributed by atoms with E-state index in [1.54, 1.807) is 11.6 Å². The molecule has 1 atom stereocenters. The van der Waals surface area contributed by atoms with E-state index in [-0.39, 0.29) is 0 Å². The molecule has 0 saturated heterocycles. The first kappa shape index (κ1) is 14.8. The van der Waals surface area contributed by atoms with E-state index in [9.17, 15) is 9.59 Å². The zero-order chi connectivity index (χ0) is 15.6. The molecule has 0 saturated carbocycles. The number of carboxylic acids is 1. The summed E-state index contributed by atoms with van der Waals surface area (Å²) in [7, 11) is 0. The fourth-order valence-electron chi connectivity index (χ4n) is 1.99. The molecule has 110 valence electrons. The van der Waals surface area contributed by atoms with Gasteiger partial charge in [-0.3, -0.25) is 9.59 Å². The molecule has 1 aromatic carbocycles. The number of aromatic nitrogens is 2. The van der Waals surface area contributed by atoms with Crippen LogP contribution in [0.25, 0.3) is 5.69 Å². The van der Waals surface area contributed by atoms with E-state index in [2.05, 4.69) is 10.4 Å². The van der Waals surface area contributed by atoms with Crippen molar-refractivity contribution in [1.82, 2.24) is 15.1 Å². The highest BCUT2D eigenvalue weighted by Gasteiger charge is 2.19. The Morgan fingerprint density at radius 2 is 2.05 bits per heavy atom. The lowest BCUT2D eigenvalue weighted by Crippen LogP contribution is -2.38. The van der Waals surface area contributed by atoms with Crippen LogP contribution in [0.5, 0.6) is 0 Å². The molecule has 0 aliphatic carbocycles. The maximum atomic E-state index is 12.1. The molecule has 0 aliphatic rings. The number of nitrogens with one attached hydrogen (secondary N) is 1. The van der Waals surface area contributed by atoms with E-state index in [4.69, 9.17) is 5.11 Å². The van der Waals surface area contributed by atoms with Crippen LogP contribution in [0.1, 0.15) is 28.5 Å². The lowest BCUT2D eigenvalue weighted by Gasteiger charge is -2.09. The Hall–Kier alpha value is -2.63. The number of carbonyl (C=O) groups excluding carboxylic acids is 1. The van der Waals surface area contributed by atoms with Gasteiger partial charge in [-0.1, -0.05) is 12.1 Å². The molecule has 1 unspecified atom stereocenters. The lowest BCUT2D eigenvalue weighted by molar-refractivity contribution is -0.138. The van der Waals surface area contributed by atoms with E-state index in [0.29, 0.717) is 11.3 Å². The Kier molecular flexibility index (Phi) is 4.07. The summed E-state index contributed by atoms with van der Waals surface area (Å²) in [5.41, 5.74) is 2.98. The largest absolute Gasteiger partial charge is 0.480 e. The third kappa shape index (κ3) is 3.10. The average molecular weight is 287 g/mol. The van der Waals surface area contributed by atoms with Crippen molar-refractivity contribution in [2.24, 2.45) is 0 Å². The first-order chi connectivity index (χ1) is 9.90. The van der Waals surface area contributed by atoms with E-state index in [0.717, 1.165) is 11.3 Å². The maximum Gasteiger partial charge on any atom is 0.325 e. The summed E-state index contributed by atoms with van der Waals surface area (Å²) in [6, 6.07) is 6.80. The molecule has 0 spiro atoms. The number of carboxylic acid groups (broad SMARTS) is 1. The second kappa shape index (κ2) is 5.78. The molecule has 2 N–H and O–H groups in total. The Balaban J connectivity index is 2.29. The number of hydrogen-bond acceptors (Lipinski definition) is 3. The molecule has 6 nitrogen and oxygen atoms in total. The quantitative estimate of drug-likeness (QED) is 0.896. The molecular formula is C15H17N3O3. The molecule has 21 heavy (non-hydrogen) atoms. The highest BCUT2D eigenvalue weighted by atomic mass is 16.4. The summed E-state index contributed by atoms with van der Waals surface area (Å²) >= 11 is 0. The Labute approximate surface area is 122 Å². The maximum absolute atomic E-state index is 12.1. The van der Waals surface area contributed by atoms with Gasteiger partial charge in [-0.05, 0) is 38.5 Å². The topological polar surface area (TPSA) is 84.2 Å². The van der Waals surface area contributed by atoms with Crippen molar-refractivity contribution in [3.05, 3.63) is 47.3 Å². The predicted octanol–water partition coefficient (Wildman–Crippen LogP) is 1.69. The van der Waals surface area contributed by atoms with Gasteiger partial charge >= 0.3 is 5.97 Å². The molecule has 6 heteroatoms. The number of aryl methyl sites for hydroxylation is 1. The highest BCUT2D eigenvalue weighted by Crippen LogP contribution is 2.15. The van der Waals surface area contributed by atoms with Crippen molar-refractivity contribution in [2.45, 2.75) is 26.8 Å². The molecule has 0 radical (unpaired) electrons. The molecule has 2 aromatic rings. The number of hydrogen-bond donors (Lipinski definition) is 2. The van der Waals surface area contributed by atoms with Gasteiger partial charge in [0.25, 0.3) is 5.91 Å². The fraction of sp³-hybridized carbons (Fsp3) is 0.267. The van der Waals surface area contributed by atoms with E-state index in [1.165, 1.54) is 13.1 Å². The minimum Gasteiger partial charge on any atom is -0.480 e. The third-order valence-corrected chi connectivity index (χ3v) is 3.22. The van der Waals surface area contributed by atoms with Gasteiger partial charge in [0.15, 0.2) is 0 Å². The standard InChI is InChI=1S/C15H17N3O3/c1-9-5-4-6-12(7-9)18-11(3)13(8-16-18)14(19)17-10(2)15(20)21/h4-8,10H,1-3H3,(H,17,19)(H,20,21). The zero-order valence-corrected chi connectivity index (χ0v) is 12.1. The minimum absolute atomic E-state index is 0.365. The summed E-state index contributed by atoms with van der Waals surface area (Å²) in [5, 5.41) is 15.5. The van der Waals surface area contributed by atoms with Gasteiger partial charge in [0.1, 0.15) is 6.04 Å². The molecule has 0 bridgehead atoms. The number of rotatable bonds is 4. The van der Waals surface area contributed by atoms with Gasteiger partial charge in [-0.25, -0.2) is 4.68 Å². The first-order valence-electron chi connectivity index (χ1n) is 6.55. The van der Waals surface area contributed by atoms with Crippen LogP contribution in [0, 0.1) is 13.8 Å². The molecule has 0 fully saturated rings. The van der Waals surface area contributed by atoms with Crippen molar-refractivity contribution in [1.29, 1.82) is 0 Å². The van der Waals surface area contributed by atoms with Crippen LogP contribution in [-0.4, -0.2) is 32.8 Å². The van der Waals surface area contributed by atoms with Crippen LogP contribution < -0.4 is 5.32 Å². The Morgan fingerprint density at radius 1 is 1.33 bits per heavy atom. The van der Waals surface area contributed by atoms with Gasteiger partial charge in [-0.15, -0.1) is 0 Å². The monoisotopic (exact) mass is 287 g/mol. The molecular weight excluding hydrogens is 270 g/mol. The number of carbonyl (C=O) groups is 2. The minimum atomic E-state index is -1.08. The van der Waals surface area contributed by atoms with Gasteiger partial charge in [0.2, 0.25) is 0 Å². The third-order valence-electron chi connectivity index (χ3n) is 3.22. The van der Waals surface area contributed by atoms with Crippen LogP contribution in [-0.2, 0) is 4.79 Å². The normalized spacial score (nSPS) is 12.0. The van der Waals surface area contributed by atoms with Gasteiger partial charge < -0.3 is 10.4 Å². The second-order valence-electron chi connectivity index (χ2n) is 4.93. The number of nitrogens with zero attached hydrogens (tertiary/aromatic N) is 2. The number of amides is 1. The lowest BCUT2D eigenvalue weighted by atomic mass is 10.2. The van der Waals surface area contributed by atoms with Crippen LogP contribution in [0.3, 0.4) is 0 Å². The van der Waals surface area contributed by atoms with E-state index in [1.807, 2.05) is 31.2 Å². The molecule has 0 aliphatic heterocycles. The summed E-state index contributed by atoms with van der Waals surface area (Å²) in [6.07, 6.45) is 1.45. The average Bonchev–Trinajstić information content (AvgIpc) is 2.80. The highest BCUT2D eigenvalue weighted by molar-refractivity contribution is 5.97. The van der Waals surface area contributed by atoms with Gasteiger partial charge in [0, 0.05) is 0 Å². The summed E-state index contributed by atoms with van der Waals surface area (Å²) in [4.78, 5) is 22.8. The molecule has 1 heterocycles. The van der Waals surface area contributed by atoms with E-state index < -0.39 is 17.9 Å². The molecule has 1 amide bonds. The van der Waals surface area contributed by atoms with Crippen molar-refractivity contribution in [3.63, 3.8) is 0 Å². The summed E-state index contributed by atoms with van der Waals surface area (Å²) in [6.45, 7) is 5.17. The van der Waals surface area contributed by atoms with Gasteiger partial charge in [0.05, 0.1) is 23.1 Å². The van der Waals surface area contributed by atoms with E-state index >= 15 is 0 Å². The predicted molar refractivity (Wildman–Crippen MR) is 77.6 cm³/mol. The second-order valence-corrected chi connectivity index (χ2v) is 4.93. The number of aliphatic carboxylic acids is 1. The smallest absolute Gasteiger partial charge is 0.325 e. The van der Waals surface area contributed by atoms with Crippen LogP contribution in [0.4, 0.5) is 0 Å². The summed E-state index contributed by atoms with van der Waals surface area (Å²) < 4.78 is 1.66. The van der Waals surface area contributed by atoms with Gasteiger partial charge in [-0.2, -0.15) is 5.10 Å². The van der Waals surface area contributed by atoms with Crippen molar-refractivity contribution < 1.29 is 14.7 Å².